The van der Waals surface area contributed by atoms with Gasteiger partial charge in [-0.2, -0.15) is 0 Å². The van der Waals surface area contributed by atoms with E-state index in [1.54, 1.807) is 7.05 Å². The molecule has 4 heteroatoms. The van der Waals surface area contributed by atoms with Gasteiger partial charge in [0.15, 0.2) is 5.96 Å². The number of nitrogens with zero attached hydrogens (tertiary/aromatic N) is 2. The summed E-state index contributed by atoms with van der Waals surface area (Å²) in [6.45, 7) is 5.80. The molecule has 0 amide bonds. The summed E-state index contributed by atoms with van der Waals surface area (Å²) in [5.74, 6) is 0.830. The zero-order chi connectivity index (χ0) is 16.5. The van der Waals surface area contributed by atoms with Crippen molar-refractivity contribution >= 4 is 5.96 Å². The van der Waals surface area contributed by atoms with Crippen LogP contribution in [0.25, 0.3) is 0 Å². The van der Waals surface area contributed by atoms with E-state index in [1.807, 2.05) is 19.2 Å². The molecule has 4 nitrogen and oxygen atoms in total. The first-order chi connectivity index (χ1) is 11.2. The van der Waals surface area contributed by atoms with Gasteiger partial charge in [0.1, 0.15) is 0 Å². The summed E-state index contributed by atoms with van der Waals surface area (Å²) in [6.07, 6.45) is 3.91. The fraction of sp³-hybridized carbons (Fsp3) is 0.368. The third-order valence-electron chi connectivity index (χ3n) is 3.85. The second kappa shape index (κ2) is 8.93. The highest BCUT2D eigenvalue weighted by atomic mass is 15.2. The second-order valence-electron chi connectivity index (χ2n) is 5.53. The third-order valence-corrected chi connectivity index (χ3v) is 3.85. The van der Waals surface area contributed by atoms with Crippen molar-refractivity contribution in [2.45, 2.75) is 33.2 Å². The molecule has 2 aromatic rings. The SMILES string of the molecule is CCc1ccccc1CNC(=NC)NCCc1ccc(C)nc1. The lowest BCUT2D eigenvalue weighted by atomic mass is 10.1. The molecule has 0 unspecified atom stereocenters. The Morgan fingerprint density at radius 2 is 1.87 bits per heavy atom. The van der Waals surface area contributed by atoms with E-state index < -0.39 is 0 Å². The van der Waals surface area contributed by atoms with Crippen LogP contribution in [-0.2, 0) is 19.4 Å². The normalized spacial score (nSPS) is 11.3. The molecule has 122 valence electrons. The van der Waals surface area contributed by atoms with Crippen molar-refractivity contribution in [1.29, 1.82) is 0 Å². The number of rotatable bonds is 6. The summed E-state index contributed by atoms with van der Waals surface area (Å²) in [6, 6.07) is 12.7. The molecule has 1 aromatic heterocycles. The number of guanidine groups is 1. The predicted molar refractivity (Wildman–Crippen MR) is 96.7 cm³/mol. The first-order valence-corrected chi connectivity index (χ1v) is 8.15. The van der Waals surface area contributed by atoms with Gasteiger partial charge in [-0.25, -0.2) is 0 Å². The van der Waals surface area contributed by atoms with Gasteiger partial charge in [-0.3, -0.25) is 9.98 Å². The highest BCUT2D eigenvalue weighted by Crippen LogP contribution is 2.08. The van der Waals surface area contributed by atoms with Gasteiger partial charge in [0.2, 0.25) is 0 Å². The van der Waals surface area contributed by atoms with Crippen molar-refractivity contribution in [3.05, 3.63) is 65.0 Å². The molecule has 0 radical (unpaired) electrons. The molecule has 1 aromatic carbocycles. The van der Waals surface area contributed by atoms with Gasteiger partial charge in [-0.05, 0) is 42.5 Å². The van der Waals surface area contributed by atoms with Crippen molar-refractivity contribution in [1.82, 2.24) is 15.6 Å². The standard InChI is InChI=1S/C19H26N4/c1-4-17-7-5-6-8-18(17)14-23-19(20-3)21-12-11-16-10-9-15(2)22-13-16/h5-10,13H,4,11-12,14H2,1-3H3,(H2,20,21,23). The fourth-order valence-corrected chi connectivity index (χ4v) is 2.45. The Bertz CT molecular complexity index is 632. The van der Waals surface area contributed by atoms with Crippen LogP contribution in [0.4, 0.5) is 0 Å². The van der Waals surface area contributed by atoms with Crippen LogP contribution in [0, 0.1) is 6.92 Å². The van der Waals surface area contributed by atoms with E-state index in [9.17, 15) is 0 Å². The number of pyridine rings is 1. The Kier molecular flexibility index (Phi) is 6.60. The van der Waals surface area contributed by atoms with Crippen molar-refractivity contribution < 1.29 is 0 Å². The minimum atomic E-state index is 0.787. The molecule has 2 N–H and O–H groups in total. The maximum atomic E-state index is 4.32. The first-order valence-electron chi connectivity index (χ1n) is 8.15. The molecular formula is C19H26N4. The summed E-state index contributed by atoms with van der Waals surface area (Å²) < 4.78 is 0. The van der Waals surface area contributed by atoms with Gasteiger partial charge >= 0.3 is 0 Å². The smallest absolute Gasteiger partial charge is 0.191 e. The monoisotopic (exact) mass is 310 g/mol. The van der Waals surface area contributed by atoms with Crippen molar-refractivity contribution in [3.8, 4) is 0 Å². The maximum absolute atomic E-state index is 4.32. The molecule has 23 heavy (non-hydrogen) atoms. The fourth-order valence-electron chi connectivity index (χ4n) is 2.45. The van der Waals surface area contributed by atoms with Gasteiger partial charge in [0.05, 0.1) is 0 Å². The first kappa shape index (κ1) is 17.0. The Hall–Kier alpha value is -2.36. The minimum Gasteiger partial charge on any atom is -0.356 e. The summed E-state index contributed by atoms with van der Waals surface area (Å²) >= 11 is 0. The molecule has 0 bridgehead atoms. The lowest BCUT2D eigenvalue weighted by Gasteiger charge is -2.13. The van der Waals surface area contributed by atoms with Crippen LogP contribution in [0.15, 0.2) is 47.6 Å². The number of aryl methyl sites for hydroxylation is 2. The predicted octanol–water partition coefficient (Wildman–Crippen LogP) is 2.86. The molecule has 0 atom stereocenters. The van der Waals surface area contributed by atoms with Crippen LogP contribution >= 0.6 is 0 Å². The Balaban J connectivity index is 1.80. The molecule has 0 aliphatic rings. The average molecular weight is 310 g/mol. The summed E-state index contributed by atoms with van der Waals surface area (Å²) in [5.41, 5.74) is 4.98. The van der Waals surface area contributed by atoms with E-state index in [1.165, 1.54) is 16.7 Å². The topological polar surface area (TPSA) is 49.3 Å². The van der Waals surface area contributed by atoms with Crippen LogP contribution in [-0.4, -0.2) is 24.5 Å². The maximum Gasteiger partial charge on any atom is 0.191 e. The summed E-state index contributed by atoms with van der Waals surface area (Å²) in [5, 5.41) is 6.73. The molecule has 0 fully saturated rings. The van der Waals surface area contributed by atoms with E-state index in [-0.39, 0.29) is 0 Å². The van der Waals surface area contributed by atoms with E-state index in [0.29, 0.717) is 0 Å². The van der Waals surface area contributed by atoms with Crippen LogP contribution in [0.1, 0.15) is 29.3 Å². The van der Waals surface area contributed by atoms with Gasteiger partial charge in [-0.15, -0.1) is 0 Å². The van der Waals surface area contributed by atoms with E-state index in [4.69, 9.17) is 0 Å². The summed E-state index contributed by atoms with van der Waals surface area (Å²) in [4.78, 5) is 8.60. The number of aliphatic imine (C=N–C) groups is 1. The van der Waals surface area contributed by atoms with Gasteiger partial charge in [-0.1, -0.05) is 37.3 Å². The molecular weight excluding hydrogens is 284 g/mol. The number of hydrogen-bond acceptors (Lipinski definition) is 2. The number of aromatic nitrogens is 1. The molecule has 0 saturated carbocycles. The minimum absolute atomic E-state index is 0.787. The zero-order valence-corrected chi connectivity index (χ0v) is 14.3. The van der Waals surface area contributed by atoms with Crippen LogP contribution in [0.3, 0.4) is 0 Å². The third kappa shape index (κ3) is 5.40. The largest absolute Gasteiger partial charge is 0.356 e. The lowest BCUT2D eigenvalue weighted by molar-refractivity contribution is 0.788. The van der Waals surface area contributed by atoms with E-state index in [2.05, 4.69) is 57.9 Å². The molecule has 1 heterocycles. The van der Waals surface area contributed by atoms with E-state index in [0.717, 1.165) is 37.6 Å². The second-order valence-corrected chi connectivity index (χ2v) is 5.53. The Labute approximate surface area is 139 Å². The van der Waals surface area contributed by atoms with Gasteiger partial charge in [0.25, 0.3) is 0 Å². The van der Waals surface area contributed by atoms with E-state index >= 15 is 0 Å². The van der Waals surface area contributed by atoms with Crippen molar-refractivity contribution in [3.63, 3.8) is 0 Å². The number of nitrogens with one attached hydrogen (secondary N) is 2. The molecule has 0 saturated heterocycles. The van der Waals surface area contributed by atoms with Crippen LogP contribution < -0.4 is 10.6 Å². The molecule has 0 spiro atoms. The molecule has 0 aliphatic carbocycles. The number of benzene rings is 1. The van der Waals surface area contributed by atoms with Crippen LogP contribution in [0.2, 0.25) is 0 Å². The van der Waals surface area contributed by atoms with Gasteiger partial charge < -0.3 is 10.6 Å². The highest BCUT2D eigenvalue weighted by Gasteiger charge is 2.02. The molecule has 2 rings (SSSR count). The Morgan fingerprint density at radius 1 is 1.09 bits per heavy atom. The van der Waals surface area contributed by atoms with Crippen molar-refractivity contribution in [2.75, 3.05) is 13.6 Å². The highest BCUT2D eigenvalue weighted by molar-refractivity contribution is 5.79. The molecule has 0 aliphatic heterocycles. The summed E-state index contributed by atoms with van der Waals surface area (Å²) in [7, 11) is 1.80. The zero-order valence-electron chi connectivity index (χ0n) is 14.3. The lowest BCUT2D eigenvalue weighted by Crippen LogP contribution is -2.38. The average Bonchev–Trinajstić information content (AvgIpc) is 2.59. The van der Waals surface area contributed by atoms with Crippen molar-refractivity contribution in [2.24, 2.45) is 4.99 Å². The van der Waals surface area contributed by atoms with Crippen LogP contribution in [0.5, 0.6) is 0 Å². The quantitative estimate of drug-likeness (QED) is 0.637. The Morgan fingerprint density at radius 3 is 2.52 bits per heavy atom. The van der Waals surface area contributed by atoms with Gasteiger partial charge in [0, 0.05) is 32.0 Å². The number of hydrogen-bond donors (Lipinski definition) is 2.